The molecular formula is C9H13NS2. The molecular weight excluding hydrogens is 186 g/mol. The summed E-state index contributed by atoms with van der Waals surface area (Å²) < 4.78 is 0. The second kappa shape index (κ2) is 4.30. The number of thioether (sulfide) groups is 1. The molecule has 2 rings (SSSR count). The molecule has 0 amide bonds. The van der Waals surface area contributed by atoms with Crippen LogP contribution in [0.4, 0.5) is 0 Å². The van der Waals surface area contributed by atoms with E-state index in [9.17, 15) is 0 Å². The van der Waals surface area contributed by atoms with E-state index >= 15 is 0 Å². The van der Waals surface area contributed by atoms with Gasteiger partial charge in [0.1, 0.15) is 0 Å². The summed E-state index contributed by atoms with van der Waals surface area (Å²) in [4.78, 5) is 4.05. The first-order valence-corrected chi connectivity index (χ1v) is 6.31. The van der Waals surface area contributed by atoms with Gasteiger partial charge in [-0.25, -0.2) is 0 Å². The van der Waals surface area contributed by atoms with E-state index in [1.165, 1.54) is 29.5 Å². The Hall–Kier alpha value is 0.01000. The zero-order valence-electron chi connectivity index (χ0n) is 7.03. The van der Waals surface area contributed by atoms with Crippen LogP contribution in [0, 0.1) is 0 Å². The molecule has 1 aliphatic rings. The molecule has 0 unspecified atom stereocenters. The highest BCUT2D eigenvalue weighted by Gasteiger charge is 2.10. The lowest BCUT2D eigenvalue weighted by Gasteiger charge is -2.25. The first-order valence-electron chi connectivity index (χ1n) is 4.27. The Morgan fingerprint density at radius 1 is 1.33 bits per heavy atom. The number of hydrogen-bond acceptors (Lipinski definition) is 3. The van der Waals surface area contributed by atoms with E-state index in [4.69, 9.17) is 0 Å². The highest BCUT2D eigenvalue weighted by Crippen LogP contribution is 2.15. The molecule has 1 fully saturated rings. The minimum atomic E-state index is 1.16. The number of thiophene rings is 1. The third-order valence-corrected chi connectivity index (χ3v) is 3.87. The van der Waals surface area contributed by atoms with Crippen molar-refractivity contribution in [3.8, 4) is 0 Å². The van der Waals surface area contributed by atoms with Crippen LogP contribution in [0.15, 0.2) is 17.5 Å². The van der Waals surface area contributed by atoms with Crippen molar-refractivity contribution in [2.45, 2.75) is 6.54 Å². The highest BCUT2D eigenvalue weighted by molar-refractivity contribution is 7.99. The van der Waals surface area contributed by atoms with Crippen LogP contribution in [0.5, 0.6) is 0 Å². The Kier molecular flexibility index (Phi) is 3.08. The minimum Gasteiger partial charge on any atom is -0.297 e. The largest absolute Gasteiger partial charge is 0.297 e. The van der Waals surface area contributed by atoms with Crippen molar-refractivity contribution in [3.05, 3.63) is 22.4 Å². The van der Waals surface area contributed by atoms with Gasteiger partial charge in [0, 0.05) is 36.0 Å². The number of nitrogens with zero attached hydrogens (tertiary/aromatic N) is 1. The minimum absolute atomic E-state index is 1.16. The fourth-order valence-electron chi connectivity index (χ4n) is 1.38. The molecule has 1 aliphatic heterocycles. The van der Waals surface area contributed by atoms with Gasteiger partial charge in [-0.05, 0) is 11.4 Å². The van der Waals surface area contributed by atoms with Crippen LogP contribution in [-0.2, 0) is 6.54 Å². The van der Waals surface area contributed by atoms with Gasteiger partial charge >= 0.3 is 0 Å². The van der Waals surface area contributed by atoms with Crippen LogP contribution >= 0.6 is 23.1 Å². The van der Waals surface area contributed by atoms with Crippen molar-refractivity contribution in [2.75, 3.05) is 24.6 Å². The van der Waals surface area contributed by atoms with Gasteiger partial charge in [0.15, 0.2) is 0 Å². The van der Waals surface area contributed by atoms with E-state index in [1.807, 2.05) is 11.3 Å². The zero-order chi connectivity index (χ0) is 8.23. The summed E-state index contributed by atoms with van der Waals surface area (Å²) in [6.45, 7) is 3.70. The summed E-state index contributed by atoms with van der Waals surface area (Å²) in [6.07, 6.45) is 0. The average Bonchev–Trinajstić information content (AvgIpc) is 2.59. The molecule has 1 aromatic heterocycles. The van der Waals surface area contributed by atoms with E-state index in [1.54, 1.807) is 0 Å². The Bertz CT molecular complexity index is 214. The molecule has 12 heavy (non-hydrogen) atoms. The first-order chi connectivity index (χ1) is 5.95. The lowest BCUT2D eigenvalue weighted by molar-refractivity contribution is 0.297. The monoisotopic (exact) mass is 199 g/mol. The van der Waals surface area contributed by atoms with Crippen LogP contribution in [0.1, 0.15) is 4.88 Å². The Morgan fingerprint density at radius 2 is 2.17 bits per heavy atom. The standard InChI is InChI=1S/C9H13NS2/c1-2-9(12-5-1)8-10-3-6-11-7-4-10/h1-2,5H,3-4,6-8H2. The average molecular weight is 199 g/mol. The normalized spacial score (nSPS) is 19.7. The summed E-state index contributed by atoms with van der Waals surface area (Å²) >= 11 is 3.94. The second-order valence-corrected chi connectivity index (χ2v) is 5.22. The summed E-state index contributed by atoms with van der Waals surface area (Å²) in [5.74, 6) is 2.62. The SMILES string of the molecule is c1csc(CN2CCSCC2)c1. The van der Waals surface area contributed by atoms with E-state index in [-0.39, 0.29) is 0 Å². The molecule has 0 spiro atoms. The second-order valence-electron chi connectivity index (χ2n) is 2.97. The van der Waals surface area contributed by atoms with Crippen LogP contribution in [0.2, 0.25) is 0 Å². The van der Waals surface area contributed by atoms with Gasteiger partial charge in [-0.2, -0.15) is 11.8 Å². The maximum absolute atomic E-state index is 2.54. The zero-order valence-corrected chi connectivity index (χ0v) is 8.66. The molecule has 0 saturated carbocycles. The quantitative estimate of drug-likeness (QED) is 0.719. The molecule has 0 aliphatic carbocycles. The first kappa shape index (κ1) is 8.60. The summed E-state index contributed by atoms with van der Waals surface area (Å²) in [6, 6.07) is 4.37. The van der Waals surface area contributed by atoms with Gasteiger partial charge < -0.3 is 0 Å². The smallest absolute Gasteiger partial charge is 0.0328 e. The van der Waals surface area contributed by atoms with E-state index in [0.29, 0.717) is 0 Å². The molecule has 1 saturated heterocycles. The lowest BCUT2D eigenvalue weighted by atomic mass is 10.4. The molecule has 3 heteroatoms. The summed E-state index contributed by atoms with van der Waals surface area (Å²) in [7, 11) is 0. The summed E-state index contributed by atoms with van der Waals surface area (Å²) in [5, 5.41) is 2.16. The molecule has 1 aromatic rings. The van der Waals surface area contributed by atoms with Crippen LogP contribution in [-0.4, -0.2) is 29.5 Å². The molecule has 1 nitrogen and oxygen atoms in total. The Morgan fingerprint density at radius 3 is 2.83 bits per heavy atom. The van der Waals surface area contributed by atoms with E-state index in [0.717, 1.165) is 6.54 Å². The topological polar surface area (TPSA) is 3.24 Å². The van der Waals surface area contributed by atoms with Crippen LogP contribution < -0.4 is 0 Å². The van der Waals surface area contributed by atoms with Crippen molar-refractivity contribution in [2.24, 2.45) is 0 Å². The third-order valence-electron chi connectivity index (χ3n) is 2.06. The van der Waals surface area contributed by atoms with Crippen molar-refractivity contribution in [1.82, 2.24) is 4.90 Å². The van der Waals surface area contributed by atoms with Gasteiger partial charge in [-0.15, -0.1) is 11.3 Å². The molecule has 2 heterocycles. The molecule has 66 valence electrons. The molecule has 0 N–H and O–H groups in total. The predicted molar refractivity (Wildman–Crippen MR) is 56.9 cm³/mol. The molecule has 0 bridgehead atoms. The summed E-state index contributed by atoms with van der Waals surface area (Å²) in [5.41, 5.74) is 0. The Labute approximate surface area is 81.8 Å². The van der Waals surface area contributed by atoms with E-state index in [2.05, 4.69) is 34.2 Å². The number of hydrogen-bond donors (Lipinski definition) is 0. The van der Waals surface area contributed by atoms with Crippen molar-refractivity contribution >= 4 is 23.1 Å². The maximum atomic E-state index is 2.54. The molecule has 0 radical (unpaired) electrons. The Balaban J connectivity index is 1.86. The van der Waals surface area contributed by atoms with Gasteiger partial charge in [0.25, 0.3) is 0 Å². The number of rotatable bonds is 2. The van der Waals surface area contributed by atoms with Gasteiger partial charge in [-0.3, -0.25) is 4.90 Å². The molecule has 0 aromatic carbocycles. The predicted octanol–water partition coefficient (Wildman–Crippen LogP) is 2.30. The van der Waals surface area contributed by atoms with E-state index < -0.39 is 0 Å². The van der Waals surface area contributed by atoms with Crippen molar-refractivity contribution in [1.29, 1.82) is 0 Å². The van der Waals surface area contributed by atoms with Crippen LogP contribution in [0.25, 0.3) is 0 Å². The van der Waals surface area contributed by atoms with Crippen molar-refractivity contribution in [3.63, 3.8) is 0 Å². The van der Waals surface area contributed by atoms with Crippen molar-refractivity contribution < 1.29 is 0 Å². The maximum Gasteiger partial charge on any atom is 0.0328 e. The van der Waals surface area contributed by atoms with Gasteiger partial charge in [-0.1, -0.05) is 6.07 Å². The van der Waals surface area contributed by atoms with Gasteiger partial charge in [0.05, 0.1) is 0 Å². The third kappa shape index (κ3) is 2.25. The fraction of sp³-hybridized carbons (Fsp3) is 0.556. The van der Waals surface area contributed by atoms with Gasteiger partial charge in [0.2, 0.25) is 0 Å². The highest BCUT2D eigenvalue weighted by atomic mass is 32.2. The van der Waals surface area contributed by atoms with Crippen LogP contribution in [0.3, 0.4) is 0 Å². The lowest BCUT2D eigenvalue weighted by Crippen LogP contribution is -2.31. The molecule has 0 atom stereocenters. The fourth-order valence-corrected chi connectivity index (χ4v) is 3.11.